The van der Waals surface area contributed by atoms with Crippen LogP contribution in [0.5, 0.6) is 0 Å². The fraction of sp³-hybridized carbons (Fsp3) is 0.238. The van der Waals surface area contributed by atoms with Crippen molar-refractivity contribution in [1.82, 2.24) is 24.3 Å². The standard InChI is InChI=1S/C21H19ClN6O/c1-12-23-7-8-28(12)19-6-5-14(9-17(19)22)25-21(29)15-10-18(13-3-4-13)26-20-16(15)11-24-27(20)2/h5-11,13H,3-4H2,1-2H3,(H,25,29). The summed E-state index contributed by atoms with van der Waals surface area (Å²) >= 11 is 6.47. The molecule has 0 atom stereocenters. The number of carbonyl (C=O) groups is 1. The molecule has 0 radical (unpaired) electrons. The molecule has 1 amide bonds. The number of anilines is 1. The number of fused-ring (bicyclic) bond motifs is 1. The number of imidazole rings is 1. The molecule has 8 heteroatoms. The minimum Gasteiger partial charge on any atom is -0.322 e. The number of rotatable bonds is 4. The lowest BCUT2D eigenvalue weighted by molar-refractivity contribution is 0.102. The van der Waals surface area contributed by atoms with Crippen molar-refractivity contribution in [3.05, 3.63) is 65.0 Å². The van der Waals surface area contributed by atoms with E-state index < -0.39 is 0 Å². The van der Waals surface area contributed by atoms with E-state index >= 15 is 0 Å². The van der Waals surface area contributed by atoms with E-state index in [1.165, 1.54) is 0 Å². The van der Waals surface area contributed by atoms with Crippen molar-refractivity contribution in [2.45, 2.75) is 25.7 Å². The van der Waals surface area contributed by atoms with Gasteiger partial charge in [-0.15, -0.1) is 0 Å². The summed E-state index contributed by atoms with van der Waals surface area (Å²) in [5.41, 5.74) is 3.70. The largest absolute Gasteiger partial charge is 0.322 e. The molecule has 1 aliphatic rings. The Balaban J connectivity index is 1.48. The number of halogens is 1. The van der Waals surface area contributed by atoms with Crippen LogP contribution in [0.15, 0.2) is 42.9 Å². The lowest BCUT2D eigenvalue weighted by Gasteiger charge is -2.11. The minimum absolute atomic E-state index is 0.199. The van der Waals surface area contributed by atoms with Crippen LogP contribution in [0.3, 0.4) is 0 Å². The maximum absolute atomic E-state index is 13.1. The first-order chi connectivity index (χ1) is 14.0. The Morgan fingerprint density at radius 1 is 1.28 bits per heavy atom. The van der Waals surface area contributed by atoms with Gasteiger partial charge in [-0.1, -0.05) is 11.6 Å². The maximum atomic E-state index is 13.1. The van der Waals surface area contributed by atoms with Gasteiger partial charge in [0.1, 0.15) is 5.82 Å². The molecule has 0 aliphatic heterocycles. The van der Waals surface area contributed by atoms with Crippen LogP contribution < -0.4 is 5.32 Å². The van der Waals surface area contributed by atoms with Gasteiger partial charge in [-0.05, 0) is 44.0 Å². The van der Waals surface area contributed by atoms with Crippen LogP contribution in [0.25, 0.3) is 16.7 Å². The van der Waals surface area contributed by atoms with Gasteiger partial charge in [0.2, 0.25) is 0 Å². The second-order valence-electron chi connectivity index (χ2n) is 7.34. The summed E-state index contributed by atoms with van der Waals surface area (Å²) in [5, 5.41) is 8.51. The summed E-state index contributed by atoms with van der Waals surface area (Å²) in [7, 11) is 1.84. The Kier molecular flexibility index (Phi) is 4.13. The number of carbonyl (C=O) groups excluding carboxylic acids is 1. The first kappa shape index (κ1) is 17.9. The van der Waals surface area contributed by atoms with Gasteiger partial charge in [-0.25, -0.2) is 9.97 Å². The molecule has 1 N–H and O–H groups in total. The predicted molar refractivity (Wildman–Crippen MR) is 112 cm³/mol. The number of nitrogens with one attached hydrogen (secondary N) is 1. The predicted octanol–water partition coefficient (Wildman–Crippen LogP) is 4.25. The SMILES string of the molecule is Cc1nccn1-c1ccc(NC(=O)c2cc(C3CC3)nc3c2cnn3C)cc1Cl. The van der Waals surface area contributed by atoms with Crippen molar-refractivity contribution >= 4 is 34.2 Å². The van der Waals surface area contributed by atoms with E-state index in [1.807, 2.05) is 42.9 Å². The molecule has 1 aromatic carbocycles. The summed E-state index contributed by atoms with van der Waals surface area (Å²) < 4.78 is 3.61. The number of hydrogen-bond acceptors (Lipinski definition) is 4. The van der Waals surface area contributed by atoms with E-state index in [0.29, 0.717) is 22.2 Å². The Labute approximate surface area is 172 Å². The zero-order valence-electron chi connectivity index (χ0n) is 16.1. The smallest absolute Gasteiger partial charge is 0.256 e. The third-order valence-corrected chi connectivity index (χ3v) is 5.56. The third-order valence-electron chi connectivity index (χ3n) is 5.26. The van der Waals surface area contributed by atoms with Gasteiger partial charge in [0.15, 0.2) is 5.65 Å². The lowest BCUT2D eigenvalue weighted by atomic mass is 10.1. The topological polar surface area (TPSA) is 77.6 Å². The summed E-state index contributed by atoms with van der Waals surface area (Å²) in [6, 6.07) is 7.34. The van der Waals surface area contributed by atoms with Crippen LogP contribution in [0.2, 0.25) is 5.02 Å². The number of benzene rings is 1. The van der Waals surface area contributed by atoms with E-state index in [0.717, 1.165) is 41.1 Å². The fourth-order valence-corrected chi connectivity index (χ4v) is 3.79. The molecule has 0 saturated heterocycles. The van der Waals surface area contributed by atoms with Crippen LogP contribution in [0.1, 0.15) is 40.6 Å². The summed E-state index contributed by atoms with van der Waals surface area (Å²) in [5.74, 6) is 1.08. The van der Waals surface area contributed by atoms with Crippen molar-refractivity contribution in [2.75, 3.05) is 5.32 Å². The van der Waals surface area contributed by atoms with E-state index in [1.54, 1.807) is 23.1 Å². The fourth-order valence-electron chi connectivity index (χ4n) is 3.52. The van der Waals surface area contributed by atoms with Crippen LogP contribution >= 0.6 is 11.6 Å². The second-order valence-corrected chi connectivity index (χ2v) is 7.75. The van der Waals surface area contributed by atoms with Crippen LogP contribution in [0.4, 0.5) is 5.69 Å². The Morgan fingerprint density at radius 2 is 2.10 bits per heavy atom. The molecule has 5 rings (SSSR count). The number of aryl methyl sites for hydroxylation is 2. The molecule has 0 spiro atoms. The third kappa shape index (κ3) is 3.17. The van der Waals surface area contributed by atoms with Gasteiger partial charge in [0.25, 0.3) is 5.91 Å². The molecule has 1 fully saturated rings. The Hall–Kier alpha value is -3.19. The van der Waals surface area contributed by atoms with Gasteiger partial charge >= 0.3 is 0 Å². The van der Waals surface area contributed by atoms with Gasteiger partial charge in [0.05, 0.1) is 27.9 Å². The zero-order chi connectivity index (χ0) is 20.1. The van der Waals surface area contributed by atoms with Gasteiger partial charge < -0.3 is 9.88 Å². The average Bonchev–Trinajstić information content (AvgIpc) is 3.37. The quantitative estimate of drug-likeness (QED) is 0.549. The van der Waals surface area contributed by atoms with Crippen LogP contribution in [-0.4, -0.2) is 30.2 Å². The van der Waals surface area contributed by atoms with E-state index in [-0.39, 0.29) is 5.91 Å². The van der Waals surface area contributed by atoms with E-state index in [2.05, 4.69) is 15.4 Å². The molecule has 29 heavy (non-hydrogen) atoms. The first-order valence-electron chi connectivity index (χ1n) is 9.45. The molecule has 146 valence electrons. The van der Waals surface area contributed by atoms with E-state index in [9.17, 15) is 4.79 Å². The highest BCUT2D eigenvalue weighted by molar-refractivity contribution is 6.32. The molecule has 3 heterocycles. The van der Waals surface area contributed by atoms with Gasteiger partial charge in [-0.3, -0.25) is 9.48 Å². The first-order valence-corrected chi connectivity index (χ1v) is 9.83. The number of aromatic nitrogens is 5. The number of hydrogen-bond donors (Lipinski definition) is 1. The lowest BCUT2D eigenvalue weighted by Crippen LogP contribution is -2.13. The molecule has 7 nitrogen and oxygen atoms in total. The molecular weight excluding hydrogens is 388 g/mol. The average molecular weight is 407 g/mol. The molecule has 0 bridgehead atoms. The molecule has 4 aromatic rings. The molecule has 3 aromatic heterocycles. The van der Waals surface area contributed by atoms with Gasteiger partial charge in [0, 0.05) is 36.7 Å². The highest BCUT2D eigenvalue weighted by atomic mass is 35.5. The number of nitrogens with zero attached hydrogens (tertiary/aromatic N) is 5. The highest BCUT2D eigenvalue weighted by Crippen LogP contribution is 2.40. The normalized spacial score (nSPS) is 13.8. The van der Waals surface area contributed by atoms with Crippen LogP contribution in [-0.2, 0) is 7.05 Å². The zero-order valence-corrected chi connectivity index (χ0v) is 16.8. The number of pyridine rings is 1. The second kappa shape index (κ2) is 6.70. The highest BCUT2D eigenvalue weighted by Gasteiger charge is 2.27. The van der Waals surface area contributed by atoms with Crippen molar-refractivity contribution in [1.29, 1.82) is 0 Å². The maximum Gasteiger partial charge on any atom is 0.256 e. The van der Waals surface area contributed by atoms with Crippen LogP contribution in [0, 0.1) is 6.92 Å². The van der Waals surface area contributed by atoms with Crippen molar-refractivity contribution in [3.63, 3.8) is 0 Å². The van der Waals surface area contributed by atoms with Crippen molar-refractivity contribution in [2.24, 2.45) is 7.05 Å². The Bertz CT molecular complexity index is 1250. The van der Waals surface area contributed by atoms with Crippen molar-refractivity contribution in [3.8, 4) is 5.69 Å². The molecule has 1 saturated carbocycles. The summed E-state index contributed by atoms with van der Waals surface area (Å²) in [6.07, 6.45) is 7.49. The summed E-state index contributed by atoms with van der Waals surface area (Å²) in [4.78, 5) is 22.0. The molecule has 1 aliphatic carbocycles. The summed E-state index contributed by atoms with van der Waals surface area (Å²) in [6.45, 7) is 1.91. The minimum atomic E-state index is -0.199. The number of amides is 1. The monoisotopic (exact) mass is 406 g/mol. The molecule has 0 unspecified atom stereocenters. The van der Waals surface area contributed by atoms with Crippen molar-refractivity contribution < 1.29 is 4.79 Å². The molecular formula is C21H19ClN6O. The van der Waals surface area contributed by atoms with Gasteiger partial charge in [-0.2, -0.15) is 5.10 Å². The van der Waals surface area contributed by atoms with E-state index in [4.69, 9.17) is 16.6 Å². The Morgan fingerprint density at radius 3 is 2.79 bits per heavy atom.